The molecule has 0 aromatic rings. The molecule has 14 heavy (non-hydrogen) atoms. The molecule has 2 rings (SSSR count). The number of urea groups is 1. The number of esters is 1. The number of methoxy groups -OCH3 is 1. The topological polar surface area (TPSA) is 49.9 Å². The van der Waals surface area contributed by atoms with Gasteiger partial charge in [0, 0.05) is 13.6 Å². The highest BCUT2D eigenvalue weighted by atomic mass is 16.5. The second kappa shape index (κ2) is 3.15. The van der Waals surface area contributed by atoms with Crippen LogP contribution in [0.1, 0.15) is 12.8 Å². The normalized spacial score (nSPS) is 30.9. The highest BCUT2D eigenvalue weighted by Crippen LogP contribution is 2.28. The molecule has 5 nitrogen and oxygen atoms in total. The van der Waals surface area contributed by atoms with Gasteiger partial charge in [0.2, 0.25) is 0 Å². The van der Waals surface area contributed by atoms with Crippen molar-refractivity contribution in [3.05, 3.63) is 0 Å². The minimum Gasteiger partial charge on any atom is -0.467 e. The Kier molecular flexibility index (Phi) is 2.09. The molecule has 0 spiro atoms. The maximum Gasteiger partial charge on any atom is 0.328 e. The molecule has 2 amide bonds. The summed E-state index contributed by atoms with van der Waals surface area (Å²) in [5.41, 5.74) is 0. The summed E-state index contributed by atoms with van der Waals surface area (Å²) in [5.74, 6) is -0.299. The number of likely N-dealkylation sites (N-methyl/N-ethyl adjacent to an activating group) is 1. The minimum absolute atomic E-state index is 0.0529. The van der Waals surface area contributed by atoms with Crippen LogP contribution >= 0.6 is 0 Å². The van der Waals surface area contributed by atoms with Crippen LogP contribution < -0.4 is 0 Å². The summed E-state index contributed by atoms with van der Waals surface area (Å²) < 4.78 is 4.67. The Bertz CT molecular complexity index is 279. The number of hydrogen-bond donors (Lipinski definition) is 0. The van der Waals surface area contributed by atoms with Gasteiger partial charge in [0.15, 0.2) is 0 Å². The van der Waals surface area contributed by atoms with Gasteiger partial charge in [-0.15, -0.1) is 0 Å². The second-order valence-electron chi connectivity index (χ2n) is 3.82. The molecule has 2 aliphatic heterocycles. The SMILES string of the molecule is COC(=O)[C@@H]1CC[C@@H]2CN1C(=O)N2C. The minimum atomic E-state index is -0.367. The smallest absolute Gasteiger partial charge is 0.328 e. The first kappa shape index (κ1) is 9.30. The average Bonchev–Trinajstić information content (AvgIpc) is 2.44. The van der Waals surface area contributed by atoms with E-state index in [1.165, 1.54) is 7.11 Å². The van der Waals surface area contributed by atoms with Crippen molar-refractivity contribution in [3.63, 3.8) is 0 Å². The van der Waals surface area contributed by atoms with E-state index in [2.05, 4.69) is 4.74 Å². The van der Waals surface area contributed by atoms with E-state index in [4.69, 9.17) is 0 Å². The van der Waals surface area contributed by atoms with Crippen molar-refractivity contribution in [1.82, 2.24) is 9.80 Å². The standard InChI is InChI=1S/C9H14N2O3/c1-10-6-3-4-7(8(12)14-2)11(5-6)9(10)13/h6-7H,3-5H2,1-2H3/t6-,7+/m1/s1. The van der Waals surface area contributed by atoms with E-state index in [0.29, 0.717) is 13.0 Å². The summed E-state index contributed by atoms with van der Waals surface area (Å²) in [6, 6.07) is -0.139. The van der Waals surface area contributed by atoms with Crippen LogP contribution in [0.4, 0.5) is 4.79 Å². The van der Waals surface area contributed by atoms with Crippen molar-refractivity contribution >= 4 is 12.0 Å². The van der Waals surface area contributed by atoms with Crippen molar-refractivity contribution < 1.29 is 14.3 Å². The fourth-order valence-corrected chi connectivity index (χ4v) is 2.22. The Morgan fingerprint density at radius 2 is 2.21 bits per heavy atom. The van der Waals surface area contributed by atoms with Crippen LogP contribution in [0.15, 0.2) is 0 Å². The van der Waals surface area contributed by atoms with Gasteiger partial charge in [-0.05, 0) is 12.8 Å². The summed E-state index contributed by atoms with van der Waals surface area (Å²) >= 11 is 0. The van der Waals surface area contributed by atoms with Crippen molar-refractivity contribution in [1.29, 1.82) is 0 Å². The molecule has 2 saturated heterocycles. The fourth-order valence-electron chi connectivity index (χ4n) is 2.22. The molecule has 2 heterocycles. The average molecular weight is 198 g/mol. The Morgan fingerprint density at radius 1 is 1.50 bits per heavy atom. The van der Waals surface area contributed by atoms with E-state index < -0.39 is 0 Å². The van der Waals surface area contributed by atoms with Gasteiger partial charge in [-0.1, -0.05) is 0 Å². The number of piperidine rings is 1. The lowest BCUT2D eigenvalue weighted by molar-refractivity contribution is -0.146. The number of nitrogens with zero attached hydrogens (tertiary/aromatic N) is 2. The van der Waals surface area contributed by atoms with Gasteiger partial charge in [-0.2, -0.15) is 0 Å². The summed E-state index contributed by atoms with van der Waals surface area (Å²) in [6.07, 6.45) is 1.60. The van der Waals surface area contributed by atoms with Crippen molar-refractivity contribution in [3.8, 4) is 0 Å². The number of amides is 2. The number of carbonyl (C=O) groups is 2. The van der Waals surface area contributed by atoms with E-state index in [9.17, 15) is 9.59 Å². The number of carbonyl (C=O) groups excluding carboxylic acids is 2. The second-order valence-corrected chi connectivity index (χ2v) is 3.82. The third-order valence-corrected chi connectivity index (χ3v) is 3.13. The zero-order chi connectivity index (χ0) is 10.3. The van der Waals surface area contributed by atoms with Gasteiger partial charge in [0.25, 0.3) is 0 Å². The summed E-state index contributed by atoms with van der Waals surface area (Å²) in [4.78, 5) is 26.4. The third kappa shape index (κ3) is 1.15. The van der Waals surface area contributed by atoms with Crippen LogP contribution in [0.25, 0.3) is 0 Å². The van der Waals surface area contributed by atoms with Gasteiger partial charge in [0.05, 0.1) is 13.2 Å². The number of ether oxygens (including phenoxy) is 1. The number of rotatable bonds is 1. The van der Waals surface area contributed by atoms with Gasteiger partial charge in [-0.3, -0.25) is 0 Å². The van der Waals surface area contributed by atoms with Crippen LogP contribution in [0, 0.1) is 0 Å². The van der Waals surface area contributed by atoms with Crippen LogP contribution in [-0.2, 0) is 9.53 Å². The zero-order valence-corrected chi connectivity index (χ0v) is 8.40. The number of hydrogen-bond acceptors (Lipinski definition) is 3. The summed E-state index contributed by atoms with van der Waals surface area (Å²) in [7, 11) is 3.14. The molecular weight excluding hydrogens is 184 g/mol. The molecule has 0 unspecified atom stereocenters. The van der Waals surface area contributed by atoms with E-state index in [1.807, 2.05) is 0 Å². The molecule has 2 aliphatic rings. The van der Waals surface area contributed by atoms with E-state index in [-0.39, 0.29) is 24.1 Å². The highest BCUT2D eigenvalue weighted by Gasteiger charge is 2.45. The maximum atomic E-state index is 11.7. The largest absolute Gasteiger partial charge is 0.467 e. The third-order valence-electron chi connectivity index (χ3n) is 3.13. The molecule has 0 aromatic heterocycles. The Labute approximate surface area is 82.6 Å². The molecule has 78 valence electrons. The summed E-state index contributed by atoms with van der Waals surface area (Å²) in [5, 5.41) is 0. The first-order valence-corrected chi connectivity index (χ1v) is 4.76. The molecule has 0 radical (unpaired) electrons. The van der Waals surface area contributed by atoms with Crippen LogP contribution in [0.2, 0.25) is 0 Å². The Morgan fingerprint density at radius 3 is 2.86 bits per heavy atom. The van der Waals surface area contributed by atoms with Crippen molar-refractivity contribution in [2.75, 3.05) is 20.7 Å². The molecule has 0 N–H and O–H groups in total. The zero-order valence-electron chi connectivity index (χ0n) is 8.40. The van der Waals surface area contributed by atoms with Crippen LogP contribution in [-0.4, -0.2) is 54.6 Å². The van der Waals surface area contributed by atoms with Gasteiger partial charge in [0.1, 0.15) is 6.04 Å². The molecule has 0 aliphatic carbocycles. The first-order chi connectivity index (χ1) is 6.65. The van der Waals surface area contributed by atoms with Crippen molar-refractivity contribution in [2.45, 2.75) is 24.9 Å². The van der Waals surface area contributed by atoms with Gasteiger partial charge < -0.3 is 14.5 Å². The maximum absolute atomic E-state index is 11.7. The Balaban J connectivity index is 2.17. The van der Waals surface area contributed by atoms with Crippen LogP contribution in [0.3, 0.4) is 0 Å². The van der Waals surface area contributed by atoms with E-state index in [0.717, 1.165) is 6.42 Å². The predicted molar refractivity (Wildman–Crippen MR) is 48.7 cm³/mol. The monoisotopic (exact) mass is 198 g/mol. The fraction of sp³-hybridized carbons (Fsp3) is 0.778. The van der Waals surface area contributed by atoms with E-state index in [1.54, 1.807) is 16.8 Å². The summed E-state index contributed by atoms with van der Waals surface area (Å²) in [6.45, 7) is 0.662. The molecular formula is C9H14N2O3. The molecule has 5 heteroatoms. The molecule has 0 saturated carbocycles. The molecule has 0 aromatic carbocycles. The van der Waals surface area contributed by atoms with Crippen LogP contribution in [0.5, 0.6) is 0 Å². The lowest BCUT2D eigenvalue weighted by Crippen LogP contribution is -2.45. The van der Waals surface area contributed by atoms with Gasteiger partial charge in [-0.25, -0.2) is 9.59 Å². The first-order valence-electron chi connectivity index (χ1n) is 4.76. The number of fused-ring (bicyclic) bond motifs is 2. The highest BCUT2D eigenvalue weighted by molar-refractivity contribution is 5.85. The van der Waals surface area contributed by atoms with Crippen molar-refractivity contribution in [2.24, 2.45) is 0 Å². The lowest BCUT2D eigenvalue weighted by atomic mass is 10.0. The van der Waals surface area contributed by atoms with E-state index >= 15 is 0 Å². The Hall–Kier alpha value is -1.26. The van der Waals surface area contributed by atoms with Gasteiger partial charge >= 0.3 is 12.0 Å². The molecule has 2 bridgehead atoms. The quantitative estimate of drug-likeness (QED) is 0.560. The molecule has 2 atom stereocenters. The lowest BCUT2D eigenvalue weighted by Gasteiger charge is -2.28. The predicted octanol–water partition coefficient (Wildman–Crippen LogP) is 0.0578. The molecule has 2 fully saturated rings.